The van der Waals surface area contributed by atoms with E-state index >= 15 is 0 Å². The first kappa shape index (κ1) is 22.6. The van der Waals surface area contributed by atoms with Crippen molar-refractivity contribution in [2.24, 2.45) is 0 Å². The quantitative estimate of drug-likeness (QED) is 0.463. The van der Waals surface area contributed by atoms with E-state index in [4.69, 9.17) is 4.74 Å². The predicted octanol–water partition coefficient (Wildman–Crippen LogP) is -1.85. The lowest BCUT2D eigenvalue weighted by molar-refractivity contribution is -0.894. The maximum atomic E-state index is 11.5. The minimum atomic E-state index is -3.02. The van der Waals surface area contributed by atoms with E-state index in [0.29, 0.717) is 0 Å². The van der Waals surface area contributed by atoms with Crippen molar-refractivity contribution < 1.29 is 28.7 Å². The van der Waals surface area contributed by atoms with Gasteiger partial charge in [0.15, 0.2) is 0 Å². The van der Waals surface area contributed by atoms with E-state index in [-0.39, 0.29) is 13.0 Å². The van der Waals surface area contributed by atoms with E-state index in [9.17, 15) is 24.2 Å². The van der Waals surface area contributed by atoms with Crippen LogP contribution in [0, 0.1) is 0 Å². The van der Waals surface area contributed by atoms with Crippen molar-refractivity contribution in [1.29, 1.82) is 0 Å². The molecular formula is C15H27N3O7P+. The molecule has 4 atom stereocenters. The summed E-state index contributed by atoms with van der Waals surface area (Å²) in [6, 6.07) is 1.15. The van der Waals surface area contributed by atoms with Crippen LogP contribution in [0.2, 0.25) is 0 Å². The number of aliphatic hydroxyl groups excluding tert-OH is 1. The van der Waals surface area contributed by atoms with E-state index in [1.807, 2.05) is 0 Å². The van der Waals surface area contributed by atoms with Gasteiger partial charge in [0.2, 0.25) is 0 Å². The lowest BCUT2D eigenvalue weighted by Gasteiger charge is -2.13. The van der Waals surface area contributed by atoms with Gasteiger partial charge in [0.05, 0.1) is 25.7 Å². The van der Waals surface area contributed by atoms with Crippen LogP contribution in [0.3, 0.4) is 0 Å². The van der Waals surface area contributed by atoms with E-state index < -0.39 is 37.9 Å². The predicted molar refractivity (Wildman–Crippen MR) is 92.0 cm³/mol. The Morgan fingerprint density at radius 3 is 2.46 bits per heavy atom. The summed E-state index contributed by atoms with van der Waals surface area (Å²) in [5.41, 5.74) is -1.20. The minimum absolute atomic E-state index is 0.0929. The largest absolute Gasteiger partial charge is 0.566 e. The van der Waals surface area contributed by atoms with Gasteiger partial charge in [-0.25, -0.2) is 4.79 Å². The second kappa shape index (κ2) is 11.3. The van der Waals surface area contributed by atoms with Gasteiger partial charge in [-0.1, -0.05) is 0 Å². The Hall–Kier alpha value is -1.42. The maximum Gasteiger partial charge on any atom is 0.488 e. The van der Waals surface area contributed by atoms with Crippen molar-refractivity contribution in [3.05, 3.63) is 33.1 Å². The fraction of sp³-hybridized carbons (Fsp3) is 0.733. The zero-order valence-electron chi connectivity index (χ0n) is 15.2. The average Bonchev–Trinajstić information content (AvgIpc) is 2.95. The second-order valence-electron chi connectivity index (χ2n) is 5.78. The second-order valence-corrected chi connectivity index (χ2v) is 6.49. The highest BCUT2D eigenvalue weighted by Crippen LogP contribution is 2.28. The van der Waals surface area contributed by atoms with Crippen LogP contribution in [0.1, 0.15) is 33.4 Å². The Kier molecular flexibility index (Phi) is 9.85. The van der Waals surface area contributed by atoms with Crippen LogP contribution < -0.4 is 21.0 Å². The van der Waals surface area contributed by atoms with Gasteiger partial charge in [-0.3, -0.25) is 14.3 Å². The molecule has 148 valence electrons. The molecule has 3 N–H and O–H groups in total. The molecule has 11 heteroatoms. The van der Waals surface area contributed by atoms with E-state index in [1.165, 1.54) is 25.8 Å². The summed E-state index contributed by atoms with van der Waals surface area (Å²) in [5, 5.41) is 9.69. The molecule has 26 heavy (non-hydrogen) atoms. The molecule has 1 aliphatic heterocycles. The smallest absolute Gasteiger partial charge is 0.488 e. The molecule has 0 radical (unpaired) electrons. The van der Waals surface area contributed by atoms with Crippen LogP contribution in [0.25, 0.3) is 0 Å². The highest BCUT2D eigenvalue weighted by atomic mass is 31.1. The lowest BCUT2D eigenvalue weighted by atomic mass is 10.2. The molecule has 1 fully saturated rings. The van der Waals surface area contributed by atoms with Crippen molar-refractivity contribution in [2.45, 2.75) is 45.6 Å². The van der Waals surface area contributed by atoms with Gasteiger partial charge in [0.1, 0.15) is 18.9 Å². The third-order valence-corrected chi connectivity index (χ3v) is 4.57. The monoisotopic (exact) mass is 392 g/mol. The van der Waals surface area contributed by atoms with Gasteiger partial charge in [-0.2, -0.15) is 0 Å². The van der Waals surface area contributed by atoms with Crippen LogP contribution >= 0.6 is 8.25 Å². The number of H-pyrrole nitrogens is 1. The van der Waals surface area contributed by atoms with Crippen molar-refractivity contribution >= 4 is 8.25 Å². The number of quaternary nitrogens is 1. The Morgan fingerprint density at radius 2 is 2.00 bits per heavy atom. The highest BCUT2D eigenvalue weighted by Gasteiger charge is 2.36. The molecule has 10 nitrogen and oxygen atoms in total. The molecule has 0 amide bonds. The number of rotatable bonds is 7. The SMILES string of the molecule is CC[NH+](CC)CC.O=c1ccn([C@H]2C[C@H](O)[C@@H](CO[P+](=O)[O-])O2)c(=O)[nH]1. The van der Waals surface area contributed by atoms with E-state index in [1.54, 1.807) is 4.90 Å². The first-order valence-corrected chi connectivity index (χ1v) is 9.67. The Morgan fingerprint density at radius 1 is 1.38 bits per heavy atom. The molecule has 1 aromatic rings. The standard InChI is InChI=1S/C9H11N2O7P.C6H15N/c12-5-3-8(18-6(5)4-17-19(15)16)11-2-1-7(13)10-9(11)14;1-4-7(5-2)6-3/h1-2,5-6,8,12H,3-4H2,(H,10,13,14);4-6H2,1-3H3/p+1/t5-,6+,8+;/m0./s1. The molecule has 0 spiro atoms. The van der Waals surface area contributed by atoms with Gasteiger partial charge in [0, 0.05) is 18.7 Å². The minimum Gasteiger partial charge on any atom is -0.566 e. The van der Waals surface area contributed by atoms with Crippen LogP contribution in [0.15, 0.2) is 21.9 Å². The lowest BCUT2D eigenvalue weighted by Crippen LogP contribution is -3.11. The van der Waals surface area contributed by atoms with Gasteiger partial charge in [-0.05, 0) is 25.3 Å². The fourth-order valence-corrected chi connectivity index (χ4v) is 2.84. The number of aromatic nitrogens is 2. The molecular weight excluding hydrogens is 365 g/mol. The first-order valence-electron chi connectivity index (χ1n) is 8.58. The molecule has 0 aliphatic carbocycles. The zero-order valence-corrected chi connectivity index (χ0v) is 16.1. The first-order chi connectivity index (χ1) is 12.3. The van der Waals surface area contributed by atoms with Crippen LogP contribution in [0.5, 0.6) is 0 Å². The summed E-state index contributed by atoms with van der Waals surface area (Å²) in [6.45, 7) is 10.2. The van der Waals surface area contributed by atoms with Gasteiger partial charge in [-0.15, -0.1) is 4.52 Å². The van der Waals surface area contributed by atoms with Crippen molar-refractivity contribution in [2.75, 3.05) is 26.2 Å². The summed E-state index contributed by atoms with van der Waals surface area (Å²) in [6.07, 6.45) is -1.25. The Bertz CT molecular complexity index is 668. The summed E-state index contributed by atoms with van der Waals surface area (Å²) < 4.78 is 21.1. The molecule has 1 aliphatic rings. The van der Waals surface area contributed by atoms with Crippen molar-refractivity contribution in [3.63, 3.8) is 0 Å². The molecule has 0 aromatic carbocycles. The van der Waals surface area contributed by atoms with Gasteiger partial charge in [0.25, 0.3) is 5.56 Å². The molecule has 0 saturated carbocycles. The zero-order chi connectivity index (χ0) is 19.7. The number of nitrogens with zero attached hydrogens (tertiary/aromatic N) is 1. The molecule has 2 rings (SSSR count). The number of aliphatic hydroxyl groups is 1. The molecule has 0 bridgehead atoms. The van der Waals surface area contributed by atoms with Crippen LogP contribution in [-0.2, 0) is 13.8 Å². The van der Waals surface area contributed by atoms with Gasteiger partial charge < -0.3 is 19.6 Å². The molecule has 1 saturated heterocycles. The third-order valence-electron chi connectivity index (χ3n) is 4.21. The third kappa shape index (κ3) is 7.06. The number of hydrogen-bond donors (Lipinski definition) is 3. The summed E-state index contributed by atoms with van der Waals surface area (Å²) in [7, 11) is -3.02. The summed E-state index contributed by atoms with van der Waals surface area (Å²) in [5.74, 6) is 0. The normalized spacial score (nSPS) is 22.8. The van der Waals surface area contributed by atoms with E-state index in [0.717, 1.165) is 10.6 Å². The van der Waals surface area contributed by atoms with E-state index in [2.05, 4.69) is 30.3 Å². The molecule has 1 unspecified atom stereocenters. The number of aromatic amines is 1. The fourth-order valence-electron chi connectivity index (χ4n) is 2.57. The highest BCUT2D eigenvalue weighted by molar-refractivity contribution is 7.30. The summed E-state index contributed by atoms with van der Waals surface area (Å²) >= 11 is 0. The summed E-state index contributed by atoms with van der Waals surface area (Å²) in [4.78, 5) is 36.5. The van der Waals surface area contributed by atoms with Crippen LogP contribution in [-0.4, -0.2) is 53.1 Å². The van der Waals surface area contributed by atoms with Gasteiger partial charge >= 0.3 is 13.9 Å². The Labute approximate surface area is 152 Å². The number of ether oxygens (including phenoxy) is 1. The Balaban J connectivity index is 0.000000412. The molecule has 2 heterocycles. The average molecular weight is 392 g/mol. The van der Waals surface area contributed by atoms with Crippen molar-refractivity contribution in [3.8, 4) is 0 Å². The topological polar surface area (TPSA) is 138 Å². The number of nitrogens with one attached hydrogen (secondary N) is 2. The molecule has 1 aromatic heterocycles. The number of hydrogen-bond acceptors (Lipinski definition) is 7. The maximum absolute atomic E-state index is 11.5. The van der Waals surface area contributed by atoms with Crippen LogP contribution in [0.4, 0.5) is 0 Å². The van der Waals surface area contributed by atoms with Crippen molar-refractivity contribution in [1.82, 2.24) is 9.55 Å².